The first-order chi connectivity index (χ1) is 17.0. The van der Waals surface area contributed by atoms with Gasteiger partial charge in [0.25, 0.3) is 5.56 Å². The lowest BCUT2D eigenvalue weighted by molar-refractivity contribution is -0.132. The lowest BCUT2D eigenvalue weighted by Gasteiger charge is -2.26. The molecular formula is C25H27N3O6S. The number of amides is 1. The number of benzene rings is 1. The van der Waals surface area contributed by atoms with Crippen molar-refractivity contribution in [1.82, 2.24) is 14.5 Å². The molecule has 1 atom stereocenters. The molecule has 1 unspecified atom stereocenters. The van der Waals surface area contributed by atoms with Crippen molar-refractivity contribution in [3.05, 3.63) is 50.9 Å². The first kappa shape index (κ1) is 23.3. The predicted molar refractivity (Wildman–Crippen MR) is 130 cm³/mol. The number of likely N-dealkylation sites (tertiary alicyclic amines) is 1. The first-order valence-corrected chi connectivity index (χ1v) is 12.6. The highest BCUT2D eigenvalue weighted by molar-refractivity contribution is 7.20. The van der Waals surface area contributed by atoms with Crippen LogP contribution in [-0.2, 0) is 16.1 Å². The maximum Gasteiger partial charge on any atom is 0.348 e. The highest BCUT2D eigenvalue weighted by Crippen LogP contribution is 2.38. The molecule has 1 saturated heterocycles. The summed E-state index contributed by atoms with van der Waals surface area (Å²) in [5, 5.41) is 0.356. The molecule has 2 aliphatic heterocycles. The average molecular weight is 498 g/mol. The largest absolute Gasteiger partial charge is 0.490 e. The van der Waals surface area contributed by atoms with Crippen LogP contribution in [0.15, 0.2) is 29.3 Å². The molecule has 0 aliphatic carbocycles. The number of aromatic nitrogens is 2. The van der Waals surface area contributed by atoms with Gasteiger partial charge in [0.1, 0.15) is 16.3 Å². The van der Waals surface area contributed by atoms with Gasteiger partial charge in [-0.1, -0.05) is 6.07 Å². The van der Waals surface area contributed by atoms with E-state index in [4.69, 9.17) is 14.2 Å². The molecule has 3 aromatic rings. The smallest absolute Gasteiger partial charge is 0.348 e. The van der Waals surface area contributed by atoms with Gasteiger partial charge in [0.15, 0.2) is 11.5 Å². The number of esters is 1. The number of hydrogen-bond acceptors (Lipinski definition) is 8. The van der Waals surface area contributed by atoms with Crippen LogP contribution in [0, 0.1) is 6.92 Å². The highest BCUT2D eigenvalue weighted by atomic mass is 32.1. The van der Waals surface area contributed by atoms with Crippen molar-refractivity contribution in [1.29, 1.82) is 0 Å². The zero-order chi connectivity index (χ0) is 24.5. The molecule has 0 N–H and O–H groups in total. The van der Waals surface area contributed by atoms with Crippen molar-refractivity contribution in [2.24, 2.45) is 0 Å². The number of aryl methyl sites for hydroxylation is 1. The van der Waals surface area contributed by atoms with Crippen molar-refractivity contribution in [2.45, 2.75) is 45.7 Å². The van der Waals surface area contributed by atoms with E-state index in [9.17, 15) is 14.4 Å². The van der Waals surface area contributed by atoms with E-state index in [1.54, 1.807) is 13.8 Å². The fourth-order valence-electron chi connectivity index (χ4n) is 4.70. The Morgan fingerprint density at radius 2 is 2.00 bits per heavy atom. The topological polar surface area (TPSA) is 100.0 Å². The van der Waals surface area contributed by atoms with E-state index in [2.05, 4.69) is 4.98 Å². The standard InChI is InChI=1S/C25H27N3O6S/c1-3-32-25(31)22-15(2)21-23(35-22)26-14-27(24(21)30)13-20(29)28-9-4-6-17(28)16-7-8-18-19(12-16)34-11-5-10-33-18/h7-8,12,14,17H,3-6,9-11,13H2,1-2H3. The summed E-state index contributed by atoms with van der Waals surface area (Å²) >= 11 is 1.13. The van der Waals surface area contributed by atoms with Gasteiger partial charge in [-0.05, 0) is 49.9 Å². The van der Waals surface area contributed by atoms with Crippen LogP contribution in [0.1, 0.15) is 53.0 Å². The van der Waals surface area contributed by atoms with E-state index in [-0.39, 0.29) is 30.7 Å². The third kappa shape index (κ3) is 4.38. The quantitative estimate of drug-likeness (QED) is 0.498. The highest BCUT2D eigenvalue weighted by Gasteiger charge is 2.31. The molecule has 4 heterocycles. The number of thiophene rings is 1. The van der Waals surface area contributed by atoms with Gasteiger partial charge in [-0.3, -0.25) is 14.2 Å². The molecule has 0 spiro atoms. The molecule has 1 amide bonds. The molecule has 0 radical (unpaired) electrons. The minimum atomic E-state index is -0.468. The number of hydrogen-bond donors (Lipinski definition) is 0. The number of carbonyl (C=O) groups is 2. The Bertz CT molecular complexity index is 1350. The normalized spacial score (nSPS) is 17.4. The predicted octanol–water partition coefficient (Wildman–Crippen LogP) is 3.47. The molecule has 1 aromatic carbocycles. The minimum absolute atomic E-state index is 0.0923. The van der Waals surface area contributed by atoms with E-state index in [1.165, 1.54) is 10.9 Å². The second-order valence-corrected chi connectivity index (χ2v) is 9.64. The number of carbonyl (C=O) groups excluding carboxylic acids is 2. The van der Waals surface area contributed by atoms with Gasteiger partial charge in [-0.25, -0.2) is 9.78 Å². The van der Waals surface area contributed by atoms with Crippen LogP contribution < -0.4 is 15.0 Å². The molecule has 0 saturated carbocycles. The summed E-state index contributed by atoms with van der Waals surface area (Å²) < 4.78 is 18.0. The monoisotopic (exact) mass is 497 g/mol. The lowest BCUT2D eigenvalue weighted by Crippen LogP contribution is -2.36. The summed E-state index contributed by atoms with van der Waals surface area (Å²) in [4.78, 5) is 45.8. The lowest BCUT2D eigenvalue weighted by atomic mass is 10.0. The summed E-state index contributed by atoms with van der Waals surface area (Å²) in [6.07, 6.45) is 3.93. The van der Waals surface area contributed by atoms with Crippen LogP contribution in [0.4, 0.5) is 0 Å². The summed E-state index contributed by atoms with van der Waals surface area (Å²) in [6.45, 7) is 5.41. The number of fused-ring (bicyclic) bond motifs is 2. The number of rotatable bonds is 5. The molecule has 2 aromatic heterocycles. The Kier molecular flexibility index (Phi) is 6.46. The second kappa shape index (κ2) is 9.69. The van der Waals surface area contributed by atoms with Crippen molar-refractivity contribution < 1.29 is 23.8 Å². The molecule has 35 heavy (non-hydrogen) atoms. The fourth-order valence-corrected chi connectivity index (χ4v) is 5.73. The summed E-state index contributed by atoms with van der Waals surface area (Å²) in [5.41, 5.74) is 1.20. The molecule has 5 rings (SSSR count). The number of ether oxygens (including phenoxy) is 3. The summed E-state index contributed by atoms with van der Waals surface area (Å²) in [5.74, 6) is 0.809. The van der Waals surface area contributed by atoms with Crippen LogP contribution in [0.2, 0.25) is 0 Å². The Hall–Kier alpha value is -3.40. The van der Waals surface area contributed by atoms with Crippen molar-refractivity contribution in [3.63, 3.8) is 0 Å². The first-order valence-electron chi connectivity index (χ1n) is 11.8. The molecule has 1 fully saturated rings. The van der Waals surface area contributed by atoms with Crippen molar-refractivity contribution in [2.75, 3.05) is 26.4 Å². The summed E-state index contributed by atoms with van der Waals surface area (Å²) in [7, 11) is 0. The maximum atomic E-state index is 13.3. The zero-order valence-corrected chi connectivity index (χ0v) is 20.6. The van der Waals surface area contributed by atoms with Crippen molar-refractivity contribution >= 4 is 33.4 Å². The zero-order valence-electron chi connectivity index (χ0n) is 19.7. The molecule has 184 valence electrons. The third-order valence-corrected chi connectivity index (χ3v) is 7.59. The van der Waals surface area contributed by atoms with Crippen LogP contribution in [0.5, 0.6) is 11.5 Å². The molecule has 2 aliphatic rings. The minimum Gasteiger partial charge on any atom is -0.490 e. The van der Waals surface area contributed by atoms with Crippen LogP contribution >= 0.6 is 11.3 Å². The van der Waals surface area contributed by atoms with Gasteiger partial charge < -0.3 is 19.1 Å². The van der Waals surface area contributed by atoms with E-state index >= 15 is 0 Å². The van der Waals surface area contributed by atoms with E-state index in [0.717, 1.165) is 41.9 Å². The third-order valence-electron chi connectivity index (χ3n) is 6.41. The van der Waals surface area contributed by atoms with Gasteiger partial charge in [0, 0.05) is 13.0 Å². The van der Waals surface area contributed by atoms with E-state index in [0.29, 0.717) is 46.2 Å². The van der Waals surface area contributed by atoms with Gasteiger partial charge in [0.05, 0.1) is 37.6 Å². The Labute approximate surface area is 206 Å². The Morgan fingerprint density at radius 1 is 1.20 bits per heavy atom. The van der Waals surface area contributed by atoms with E-state index < -0.39 is 5.97 Å². The molecular weight excluding hydrogens is 470 g/mol. The van der Waals surface area contributed by atoms with Crippen molar-refractivity contribution in [3.8, 4) is 11.5 Å². The van der Waals surface area contributed by atoms with Gasteiger partial charge in [-0.15, -0.1) is 11.3 Å². The van der Waals surface area contributed by atoms with E-state index in [1.807, 2.05) is 23.1 Å². The number of nitrogens with zero attached hydrogens (tertiary/aromatic N) is 3. The van der Waals surface area contributed by atoms with Gasteiger partial charge >= 0.3 is 5.97 Å². The van der Waals surface area contributed by atoms with Crippen LogP contribution in [0.3, 0.4) is 0 Å². The molecule has 9 nitrogen and oxygen atoms in total. The fraction of sp³-hybridized carbons (Fsp3) is 0.440. The summed E-state index contributed by atoms with van der Waals surface area (Å²) in [6, 6.07) is 5.75. The second-order valence-electron chi connectivity index (χ2n) is 8.64. The van der Waals surface area contributed by atoms with Crippen LogP contribution in [-0.4, -0.2) is 52.7 Å². The molecule has 0 bridgehead atoms. The van der Waals surface area contributed by atoms with Gasteiger partial charge in [0.2, 0.25) is 5.91 Å². The van der Waals surface area contributed by atoms with Gasteiger partial charge in [-0.2, -0.15) is 0 Å². The molecule has 10 heteroatoms. The Morgan fingerprint density at radius 3 is 2.80 bits per heavy atom. The Balaban J connectivity index is 1.39. The maximum absolute atomic E-state index is 13.3. The SMILES string of the molecule is CCOC(=O)c1sc2ncn(CC(=O)N3CCCC3c3ccc4c(c3)OCCCO4)c(=O)c2c1C. The van der Waals surface area contributed by atoms with Crippen LogP contribution in [0.25, 0.3) is 10.2 Å². The average Bonchev–Trinajstić information content (AvgIpc) is 3.39.